The van der Waals surface area contributed by atoms with Gasteiger partial charge >= 0.3 is 0 Å². The number of carbonyl (C=O) groups excluding carboxylic acids is 1. The summed E-state index contributed by atoms with van der Waals surface area (Å²) in [5.41, 5.74) is 0.0268. The zero-order chi connectivity index (χ0) is 14.0. The van der Waals surface area contributed by atoms with E-state index in [-0.39, 0.29) is 30.5 Å². The van der Waals surface area contributed by atoms with Gasteiger partial charge in [0.05, 0.1) is 6.54 Å². The summed E-state index contributed by atoms with van der Waals surface area (Å²) in [6.07, 6.45) is 1.47. The van der Waals surface area contributed by atoms with Crippen LogP contribution in [-0.4, -0.2) is 50.5 Å². The van der Waals surface area contributed by atoms with Crippen LogP contribution in [-0.2, 0) is 9.53 Å². The molecule has 0 aromatic heterocycles. The summed E-state index contributed by atoms with van der Waals surface area (Å²) in [6.45, 7) is 7.99. The summed E-state index contributed by atoms with van der Waals surface area (Å²) in [7, 11) is 1.65. The van der Waals surface area contributed by atoms with Crippen LogP contribution in [0.5, 0.6) is 0 Å². The minimum atomic E-state index is -0.0155. The normalized spacial score (nSPS) is 13.4. The maximum Gasteiger partial charge on any atom is 0.233 e. The minimum absolute atomic E-state index is 0.0155. The molecule has 5 nitrogen and oxygen atoms in total. The molecule has 3 N–H and O–H groups in total. The Morgan fingerprint density at radius 3 is 2.56 bits per heavy atom. The molecule has 108 valence electrons. The van der Waals surface area contributed by atoms with Crippen molar-refractivity contribution in [1.82, 2.24) is 10.6 Å². The predicted octanol–water partition coefficient (Wildman–Crippen LogP) is 0.526. The Labute approximate surface area is 110 Å². The molecule has 0 fully saturated rings. The van der Waals surface area contributed by atoms with E-state index in [0.717, 1.165) is 6.42 Å². The van der Waals surface area contributed by atoms with Gasteiger partial charge in [0.2, 0.25) is 5.91 Å². The van der Waals surface area contributed by atoms with Crippen molar-refractivity contribution in [3.63, 3.8) is 0 Å². The van der Waals surface area contributed by atoms with Gasteiger partial charge in [-0.3, -0.25) is 4.79 Å². The summed E-state index contributed by atoms with van der Waals surface area (Å²) in [5, 5.41) is 15.0. The van der Waals surface area contributed by atoms with Gasteiger partial charge in [-0.25, -0.2) is 0 Å². The molecule has 1 unspecified atom stereocenters. The summed E-state index contributed by atoms with van der Waals surface area (Å²) < 4.78 is 4.90. The molecule has 0 saturated heterocycles. The van der Waals surface area contributed by atoms with E-state index in [1.165, 1.54) is 0 Å². The molecule has 18 heavy (non-hydrogen) atoms. The van der Waals surface area contributed by atoms with Gasteiger partial charge in [-0.05, 0) is 18.3 Å². The topological polar surface area (TPSA) is 70.6 Å². The Morgan fingerprint density at radius 1 is 1.39 bits per heavy atom. The van der Waals surface area contributed by atoms with E-state index in [0.29, 0.717) is 19.6 Å². The number of carbonyl (C=O) groups is 1. The lowest BCUT2D eigenvalue weighted by Gasteiger charge is -2.31. The highest BCUT2D eigenvalue weighted by Crippen LogP contribution is 2.21. The number of aliphatic hydroxyl groups excluding tert-OH is 1. The van der Waals surface area contributed by atoms with Crippen molar-refractivity contribution in [3.05, 3.63) is 0 Å². The van der Waals surface area contributed by atoms with Crippen LogP contribution in [0.25, 0.3) is 0 Å². The number of ether oxygens (including phenoxy) is 1. The molecular weight excluding hydrogens is 232 g/mol. The highest BCUT2D eigenvalue weighted by atomic mass is 16.5. The third kappa shape index (κ3) is 8.44. The quantitative estimate of drug-likeness (QED) is 0.529. The first-order valence-corrected chi connectivity index (χ1v) is 6.51. The van der Waals surface area contributed by atoms with Gasteiger partial charge in [0.1, 0.15) is 0 Å². The van der Waals surface area contributed by atoms with Crippen LogP contribution in [0.2, 0.25) is 0 Å². The van der Waals surface area contributed by atoms with E-state index in [9.17, 15) is 4.79 Å². The van der Waals surface area contributed by atoms with Gasteiger partial charge in [0, 0.05) is 32.9 Å². The molecule has 1 amide bonds. The van der Waals surface area contributed by atoms with Crippen molar-refractivity contribution in [1.29, 1.82) is 0 Å². The van der Waals surface area contributed by atoms with Crippen LogP contribution in [0.4, 0.5) is 0 Å². The Hall–Kier alpha value is -0.650. The Balaban J connectivity index is 3.86. The smallest absolute Gasteiger partial charge is 0.233 e. The molecular formula is C13H28N2O3. The van der Waals surface area contributed by atoms with Gasteiger partial charge < -0.3 is 20.5 Å². The average molecular weight is 260 g/mol. The first-order chi connectivity index (χ1) is 8.41. The fourth-order valence-corrected chi connectivity index (χ4v) is 1.69. The molecule has 0 spiro atoms. The van der Waals surface area contributed by atoms with Crippen molar-refractivity contribution < 1.29 is 14.6 Å². The first kappa shape index (κ1) is 17.4. The molecule has 0 saturated carbocycles. The zero-order valence-electron chi connectivity index (χ0n) is 12.1. The lowest BCUT2D eigenvalue weighted by molar-refractivity contribution is -0.120. The predicted molar refractivity (Wildman–Crippen MR) is 72.5 cm³/mol. The second-order valence-corrected chi connectivity index (χ2v) is 5.51. The average Bonchev–Trinajstić information content (AvgIpc) is 2.28. The number of aliphatic hydroxyl groups is 1. The molecule has 0 heterocycles. The second kappa shape index (κ2) is 9.30. The molecule has 0 aliphatic heterocycles. The lowest BCUT2D eigenvalue weighted by atomic mass is 9.85. The van der Waals surface area contributed by atoms with E-state index in [1.807, 2.05) is 0 Å². The highest BCUT2D eigenvalue weighted by molar-refractivity contribution is 5.77. The summed E-state index contributed by atoms with van der Waals surface area (Å²) >= 11 is 0. The van der Waals surface area contributed by atoms with Crippen LogP contribution in [0.15, 0.2) is 0 Å². The first-order valence-electron chi connectivity index (χ1n) is 6.51. The van der Waals surface area contributed by atoms with E-state index >= 15 is 0 Å². The Kier molecular flexibility index (Phi) is 8.97. The van der Waals surface area contributed by atoms with Gasteiger partial charge in [0.15, 0.2) is 0 Å². The van der Waals surface area contributed by atoms with Crippen LogP contribution < -0.4 is 10.6 Å². The van der Waals surface area contributed by atoms with Crippen molar-refractivity contribution in [2.75, 3.05) is 33.4 Å². The molecule has 0 aliphatic rings. The standard InChI is InChI=1S/C13H28N2O3/c1-13(2,3)11(6-8-16)15-10-12(17)14-7-5-9-18-4/h11,15-16H,5-10H2,1-4H3,(H,14,17). The van der Waals surface area contributed by atoms with Crippen molar-refractivity contribution >= 4 is 5.91 Å². The van der Waals surface area contributed by atoms with E-state index < -0.39 is 0 Å². The summed E-state index contributed by atoms with van der Waals surface area (Å²) in [5.74, 6) is -0.0155. The largest absolute Gasteiger partial charge is 0.396 e. The van der Waals surface area contributed by atoms with Crippen molar-refractivity contribution in [2.45, 2.75) is 39.7 Å². The number of methoxy groups -OCH3 is 1. The molecule has 0 aromatic carbocycles. The van der Waals surface area contributed by atoms with Crippen LogP contribution in [0, 0.1) is 5.41 Å². The van der Waals surface area contributed by atoms with Gasteiger partial charge in [-0.2, -0.15) is 0 Å². The molecule has 5 heteroatoms. The van der Waals surface area contributed by atoms with E-state index in [4.69, 9.17) is 9.84 Å². The molecule has 1 atom stereocenters. The Morgan fingerprint density at radius 2 is 2.06 bits per heavy atom. The van der Waals surface area contributed by atoms with Gasteiger partial charge in [-0.15, -0.1) is 0 Å². The summed E-state index contributed by atoms with van der Waals surface area (Å²) in [6, 6.07) is 0.132. The van der Waals surface area contributed by atoms with Crippen molar-refractivity contribution in [3.8, 4) is 0 Å². The number of hydrogen-bond donors (Lipinski definition) is 3. The second-order valence-electron chi connectivity index (χ2n) is 5.51. The van der Waals surface area contributed by atoms with Crippen LogP contribution >= 0.6 is 0 Å². The van der Waals surface area contributed by atoms with Gasteiger partial charge in [0.25, 0.3) is 0 Å². The van der Waals surface area contributed by atoms with E-state index in [2.05, 4.69) is 31.4 Å². The van der Waals surface area contributed by atoms with Crippen molar-refractivity contribution in [2.24, 2.45) is 5.41 Å². The fourth-order valence-electron chi connectivity index (χ4n) is 1.69. The molecule has 0 radical (unpaired) electrons. The number of hydrogen-bond acceptors (Lipinski definition) is 4. The summed E-state index contributed by atoms with van der Waals surface area (Å²) in [4.78, 5) is 11.6. The fraction of sp³-hybridized carbons (Fsp3) is 0.923. The van der Waals surface area contributed by atoms with Crippen LogP contribution in [0.1, 0.15) is 33.6 Å². The minimum Gasteiger partial charge on any atom is -0.396 e. The zero-order valence-corrected chi connectivity index (χ0v) is 12.1. The maximum absolute atomic E-state index is 11.6. The molecule has 0 rings (SSSR count). The third-order valence-electron chi connectivity index (χ3n) is 2.82. The van der Waals surface area contributed by atoms with E-state index in [1.54, 1.807) is 7.11 Å². The number of amides is 1. The SMILES string of the molecule is COCCCNC(=O)CNC(CCO)C(C)(C)C. The number of nitrogens with one attached hydrogen (secondary N) is 2. The third-order valence-corrected chi connectivity index (χ3v) is 2.82. The Bertz CT molecular complexity index is 227. The van der Waals surface area contributed by atoms with Gasteiger partial charge in [-0.1, -0.05) is 20.8 Å². The van der Waals surface area contributed by atoms with Crippen LogP contribution in [0.3, 0.4) is 0 Å². The molecule has 0 aliphatic carbocycles. The maximum atomic E-state index is 11.6. The number of rotatable bonds is 9. The molecule has 0 aromatic rings. The monoisotopic (exact) mass is 260 g/mol. The highest BCUT2D eigenvalue weighted by Gasteiger charge is 2.23. The lowest BCUT2D eigenvalue weighted by Crippen LogP contribution is -2.45. The molecule has 0 bridgehead atoms.